The number of hydrogen-bond acceptors (Lipinski definition) is 4. The number of nitrogens with two attached hydrogens (primary N) is 1. The number of halogens is 2. The van der Waals surface area contributed by atoms with Crippen LogP contribution in [-0.4, -0.2) is 17.6 Å². The third kappa shape index (κ3) is 2.76. The molecule has 1 aliphatic rings. The van der Waals surface area contributed by atoms with E-state index >= 15 is 0 Å². The second kappa shape index (κ2) is 3.91. The van der Waals surface area contributed by atoms with Crippen LogP contribution in [0.2, 0.25) is 0 Å². The quantitative estimate of drug-likeness (QED) is 0.844. The van der Waals surface area contributed by atoms with Crippen molar-refractivity contribution in [2.75, 3.05) is 0 Å². The lowest BCUT2D eigenvalue weighted by Gasteiger charge is -2.16. The average molecular weight is 257 g/mol. The summed E-state index contributed by atoms with van der Waals surface area (Å²) in [5, 5.41) is 0. The van der Waals surface area contributed by atoms with Gasteiger partial charge in [-0.3, -0.25) is 4.79 Å². The highest BCUT2D eigenvalue weighted by Gasteiger charge is 2.43. The summed E-state index contributed by atoms with van der Waals surface area (Å²) in [6.45, 7) is 3.43. The molecule has 0 spiro atoms. The molecule has 0 saturated carbocycles. The third-order valence-corrected chi connectivity index (χ3v) is 2.34. The molecule has 0 fully saturated rings. The van der Waals surface area contributed by atoms with Gasteiger partial charge in [0.05, 0.1) is 0 Å². The molecule has 0 atom stereocenters. The van der Waals surface area contributed by atoms with Crippen molar-refractivity contribution in [1.82, 2.24) is 0 Å². The van der Waals surface area contributed by atoms with Crippen LogP contribution < -0.4 is 15.2 Å². The summed E-state index contributed by atoms with van der Waals surface area (Å²) in [6.07, 6.45) is -3.56. The SMILES string of the molecule is CC(C)(N)CC(=O)c1ccc2c(c1)OC(F)(F)O2. The molecular formula is C12H13F2NO3. The largest absolute Gasteiger partial charge is 0.586 e. The van der Waals surface area contributed by atoms with Gasteiger partial charge in [0, 0.05) is 17.5 Å². The van der Waals surface area contributed by atoms with E-state index in [1.807, 2.05) is 0 Å². The van der Waals surface area contributed by atoms with E-state index in [-0.39, 0.29) is 29.3 Å². The van der Waals surface area contributed by atoms with Crippen molar-refractivity contribution in [2.45, 2.75) is 32.1 Å². The molecule has 0 bridgehead atoms. The highest BCUT2D eigenvalue weighted by Crippen LogP contribution is 2.41. The van der Waals surface area contributed by atoms with E-state index in [1.54, 1.807) is 13.8 Å². The van der Waals surface area contributed by atoms with Crippen LogP contribution in [0.15, 0.2) is 18.2 Å². The van der Waals surface area contributed by atoms with Crippen LogP contribution in [-0.2, 0) is 0 Å². The zero-order chi connectivity index (χ0) is 13.6. The molecule has 0 amide bonds. The highest BCUT2D eigenvalue weighted by molar-refractivity contribution is 5.97. The average Bonchev–Trinajstić information content (AvgIpc) is 2.47. The lowest BCUT2D eigenvalue weighted by molar-refractivity contribution is -0.286. The molecule has 2 rings (SSSR count). The van der Waals surface area contributed by atoms with Crippen molar-refractivity contribution in [3.05, 3.63) is 23.8 Å². The van der Waals surface area contributed by atoms with Gasteiger partial charge < -0.3 is 15.2 Å². The molecule has 1 aliphatic heterocycles. The molecule has 0 saturated heterocycles. The standard InChI is InChI=1S/C12H13F2NO3/c1-11(2,15)6-8(16)7-3-4-9-10(5-7)18-12(13,14)17-9/h3-5H,6,15H2,1-2H3. The number of carbonyl (C=O) groups excluding carboxylic acids is 1. The molecule has 98 valence electrons. The van der Waals surface area contributed by atoms with E-state index in [9.17, 15) is 13.6 Å². The zero-order valence-electron chi connectivity index (χ0n) is 10.00. The molecule has 0 radical (unpaired) electrons. The second-order valence-corrected chi connectivity index (χ2v) is 4.92. The van der Waals surface area contributed by atoms with Crippen LogP contribution >= 0.6 is 0 Å². The Morgan fingerprint density at radius 2 is 1.94 bits per heavy atom. The van der Waals surface area contributed by atoms with Gasteiger partial charge in [0.2, 0.25) is 0 Å². The van der Waals surface area contributed by atoms with E-state index in [4.69, 9.17) is 5.73 Å². The summed E-state index contributed by atoms with van der Waals surface area (Å²) in [6, 6.07) is 3.94. The predicted octanol–water partition coefficient (Wildman–Crippen LogP) is 2.32. The molecule has 18 heavy (non-hydrogen) atoms. The van der Waals surface area contributed by atoms with Crippen LogP contribution in [0.5, 0.6) is 11.5 Å². The van der Waals surface area contributed by atoms with Gasteiger partial charge in [-0.2, -0.15) is 0 Å². The highest BCUT2D eigenvalue weighted by atomic mass is 19.3. The van der Waals surface area contributed by atoms with Gasteiger partial charge in [0.25, 0.3) is 0 Å². The van der Waals surface area contributed by atoms with Gasteiger partial charge >= 0.3 is 6.29 Å². The van der Waals surface area contributed by atoms with Gasteiger partial charge in [-0.05, 0) is 32.0 Å². The number of hydrogen-bond donors (Lipinski definition) is 1. The number of alkyl halides is 2. The minimum Gasteiger partial charge on any atom is -0.395 e. The maximum absolute atomic E-state index is 12.8. The van der Waals surface area contributed by atoms with E-state index in [0.717, 1.165) is 0 Å². The first-order valence-electron chi connectivity index (χ1n) is 5.38. The molecule has 6 heteroatoms. The number of rotatable bonds is 3. The lowest BCUT2D eigenvalue weighted by Crippen LogP contribution is -2.34. The van der Waals surface area contributed by atoms with Crippen LogP contribution in [0.4, 0.5) is 8.78 Å². The van der Waals surface area contributed by atoms with Crippen LogP contribution in [0, 0.1) is 0 Å². The van der Waals surface area contributed by atoms with Gasteiger partial charge in [-0.1, -0.05) is 0 Å². The fourth-order valence-electron chi connectivity index (χ4n) is 1.64. The number of benzene rings is 1. The Labute approximate surface area is 103 Å². The first kappa shape index (κ1) is 12.8. The smallest absolute Gasteiger partial charge is 0.395 e. The third-order valence-electron chi connectivity index (χ3n) is 2.34. The number of ketones is 1. The van der Waals surface area contributed by atoms with Gasteiger partial charge in [-0.15, -0.1) is 8.78 Å². The Morgan fingerprint density at radius 1 is 1.33 bits per heavy atom. The molecule has 1 heterocycles. The normalized spacial score (nSPS) is 16.7. The van der Waals surface area contributed by atoms with Gasteiger partial charge in [-0.25, -0.2) is 0 Å². The second-order valence-electron chi connectivity index (χ2n) is 4.92. The Bertz CT molecular complexity index is 495. The molecule has 4 nitrogen and oxygen atoms in total. The van der Waals surface area contributed by atoms with Gasteiger partial charge in [0.15, 0.2) is 17.3 Å². The zero-order valence-corrected chi connectivity index (χ0v) is 10.00. The predicted molar refractivity (Wildman–Crippen MR) is 59.9 cm³/mol. The molecular weight excluding hydrogens is 244 g/mol. The maximum Gasteiger partial charge on any atom is 0.586 e. The maximum atomic E-state index is 12.8. The van der Waals surface area contributed by atoms with Crippen molar-refractivity contribution in [3.63, 3.8) is 0 Å². The van der Waals surface area contributed by atoms with Gasteiger partial charge in [0.1, 0.15) is 0 Å². The topological polar surface area (TPSA) is 61.6 Å². The Balaban J connectivity index is 2.21. The summed E-state index contributed by atoms with van der Waals surface area (Å²) < 4.78 is 34.1. The fourth-order valence-corrected chi connectivity index (χ4v) is 1.64. The Morgan fingerprint density at radius 3 is 2.56 bits per heavy atom. The summed E-state index contributed by atoms with van der Waals surface area (Å²) in [7, 11) is 0. The van der Waals surface area contributed by atoms with Crippen LogP contribution in [0.25, 0.3) is 0 Å². The Kier molecular flexibility index (Phi) is 2.77. The Hall–Kier alpha value is -1.69. The number of carbonyl (C=O) groups is 1. The summed E-state index contributed by atoms with van der Waals surface area (Å²) in [5.74, 6) is -0.451. The van der Waals surface area contributed by atoms with E-state index in [0.29, 0.717) is 0 Å². The van der Waals surface area contributed by atoms with Crippen molar-refractivity contribution in [2.24, 2.45) is 5.73 Å². The number of ether oxygens (including phenoxy) is 2. The molecule has 0 aliphatic carbocycles. The molecule has 0 unspecified atom stereocenters. The fraction of sp³-hybridized carbons (Fsp3) is 0.417. The van der Waals surface area contributed by atoms with E-state index < -0.39 is 11.8 Å². The first-order valence-corrected chi connectivity index (χ1v) is 5.38. The molecule has 1 aromatic carbocycles. The van der Waals surface area contributed by atoms with Crippen molar-refractivity contribution >= 4 is 5.78 Å². The monoisotopic (exact) mass is 257 g/mol. The van der Waals surface area contributed by atoms with Crippen molar-refractivity contribution < 1.29 is 23.0 Å². The number of fused-ring (bicyclic) bond motifs is 1. The number of Topliss-reactive ketones (excluding diaryl/α,β-unsaturated/α-hetero) is 1. The summed E-state index contributed by atoms with van der Waals surface area (Å²) in [4.78, 5) is 11.9. The van der Waals surface area contributed by atoms with Crippen LogP contribution in [0.1, 0.15) is 30.6 Å². The van der Waals surface area contributed by atoms with Crippen LogP contribution in [0.3, 0.4) is 0 Å². The molecule has 1 aromatic rings. The molecule has 0 aromatic heterocycles. The summed E-state index contributed by atoms with van der Waals surface area (Å²) >= 11 is 0. The van der Waals surface area contributed by atoms with Crippen molar-refractivity contribution in [3.8, 4) is 11.5 Å². The van der Waals surface area contributed by atoms with E-state index in [2.05, 4.69) is 9.47 Å². The summed E-state index contributed by atoms with van der Waals surface area (Å²) in [5.41, 5.74) is 5.35. The first-order chi connectivity index (χ1) is 8.16. The lowest BCUT2D eigenvalue weighted by atomic mass is 9.95. The molecule has 2 N–H and O–H groups in total. The van der Waals surface area contributed by atoms with Crippen molar-refractivity contribution in [1.29, 1.82) is 0 Å². The van der Waals surface area contributed by atoms with E-state index in [1.165, 1.54) is 18.2 Å². The minimum absolute atomic E-state index is 0.0800. The minimum atomic E-state index is -3.67.